The predicted molar refractivity (Wildman–Crippen MR) is 92.7 cm³/mol. The van der Waals surface area contributed by atoms with Crippen molar-refractivity contribution >= 4 is 15.9 Å². The van der Waals surface area contributed by atoms with E-state index in [0.29, 0.717) is 12.1 Å². The highest BCUT2D eigenvalue weighted by Gasteiger charge is 2.18. The summed E-state index contributed by atoms with van der Waals surface area (Å²) >= 11 is 3.73. The number of halogens is 1. The van der Waals surface area contributed by atoms with Crippen LogP contribution < -0.4 is 5.32 Å². The van der Waals surface area contributed by atoms with Gasteiger partial charge in [0.05, 0.1) is 6.10 Å². The van der Waals surface area contributed by atoms with Gasteiger partial charge in [0.15, 0.2) is 0 Å². The zero-order chi connectivity index (χ0) is 15.1. The van der Waals surface area contributed by atoms with Gasteiger partial charge in [-0.3, -0.25) is 0 Å². The Labute approximate surface area is 137 Å². The fraction of sp³-hybridized carbons (Fsp3) is 0.667. The van der Waals surface area contributed by atoms with Crippen LogP contribution in [-0.4, -0.2) is 19.3 Å². The minimum atomic E-state index is 0.446. The van der Waals surface area contributed by atoms with Crippen molar-refractivity contribution in [3.63, 3.8) is 0 Å². The van der Waals surface area contributed by atoms with Crippen molar-refractivity contribution < 1.29 is 4.74 Å². The third-order valence-corrected chi connectivity index (χ3v) is 4.90. The second-order valence-corrected chi connectivity index (χ2v) is 6.95. The fourth-order valence-electron chi connectivity index (χ4n) is 3.02. The van der Waals surface area contributed by atoms with Gasteiger partial charge in [0.1, 0.15) is 0 Å². The van der Waals surface area contributed by atoms with Crippen molar-refractivity contribution in [2.45, 2.75) is 64.5 Å². The first-order valence-electron chi connectivity index (χ1n) is 8.31. The van der Waals surface area contributed by atoms with Gasteiger partial charge in [0, 0.05) is 17.1 Å². The molecule has 2 rings (SSSR count). The molecule has 0 bridgehead atoms. The lowest BCUT2D eigenvalue weighted by atomic mass is 9.98. The number of hydrogen-bond acceptors (Lipinski definition) is 2. The summed E-state index contributed by atoms with van der Waals surface area (Å²) in [5.41, 5.74) is 2.70. The lowest BCUT2D eigenvalue weighted by Gasteiger charge is -2.21. The van der Waals surface area contributed by atoms with Crippen LogP contribution in [0.2, 0.25) is 0 Å². The molecule has 0 saturated carbocycles. The molecular weight excluding hydrogens is 326 g/mol. The summed E-state index contributed by atoms with van der Waals surface area (Å²) in [6.45, 7) is 6.40. The average Bonchev–Trinajstić information content (AvgIpc) is 2.96. The number of benzene rings is 1. The van der Waals surface area contributed by atoms with Crippen LogP contribution in [0.3, 0.4) is 0 Å². The van der Waals surface area contributed by atoms with Crippen LogP contribution in [0.5, 0.6) is 0 Å². The molecule has 0 aromatic heterocycles. The molecule has 0 radical (unpaired) electrons. The minimum Gasteiger partial charge on any atom is -0.378 e. The summed E-state index contributed by atoms with van der Waals surface area (Å²) in [7, 11) is 0. The Morgan fingerprint density at radius 3 is 2.95 bits per heavy atom. The van der Waals surface area contributed by atoms with Crippen molar-refractivity contribution in [3.05, 3.63) is 33.8 Å². The van der Waals surface area contributed by atoms with Gasteiger partial charge in [-0.15, -0.1) is 0 Å². The summed E-state index contributed by atoms with van der Waals surface area (Å²) in [6.07, 6.45) is 7.79. The van der Waals surface area contributed by atoms with E-state index in [1.54, 1.807) is 0 Å². The van der Waals surface area contributed by atoms with Gasteiger partial charge in [-0.25, -0.2) is 0 Å². The molecule has 0 spiro atoms. The second-order valence-electron chi connectivity index (χ2n) is 6.10. The molecule has 2 nitrogen and oxygen atoms in total. The Morgan fingerprint density at radius 1 is 1.43 bits per heavy atom. The maximum absolute atomic E-state index is 5.73. The first-order valence-corrected chi connectivity index (χ1v) is 9.11. The lowest BCUT2D eigenvalue weighted by molar-refractivity contribution is 0.101. The van der Waals surface area contributed by atoms with Crippen LogP contribution in [-0.2, 0) is 4.74 Å². The first-order chi connectivity index (χ1) is 10.2. The van der Waals surface area contributed by atoms with Crippen LogP contribution >= 0.6 is 15.9 Å². The maximum Gasteiger partial charge on any atom is 0.0576 e. The molecule has 1 aromatic carbocycles. The SMILES string of the molecule is CCCNC(CCCC1CCCO1)c1ccc(C)cc1Br. The second kappa shape index (κ2) is 8.92. The van der Waals surface area contributed by atoms with Crippen molar-refractivity contribution in [3.8, 4) is 0 Å². The Balaban J connectivity index is 1.92. The van der Waals surface area contributed by atoms with E-state index in [2.05, 4.69) is 53.3 Å². The van der Waals surface area contributed by atoms with Crippen LogP contribution in [0, 0.1) is 6.92 Å². The Bertz CT molecular complexity index is 429. The van der Waals surface area contributed by atoms with Crippen LogP contribution in [0.15, 0.2) is 22.7 Å². The van der Waals surface area contributed by atoms with E-state index >= 15 is 0 Å². The topological polar surface area (TPSA) is 21.3 Å². The molecule has 1 N–H and O–H groups in total. The first kappa shape index (κ1) is 17.0. The van der Waals surface area contributed by atoms with E-state index in [4.69, 9.17) is 4.74 Å². The molecule has 1 aliphatic rings. The van der Waals surface area contributed by atoms with Crippen molar-refractivity contribution in [1.29, 1.82) is 0 Å². The Kier molecular flexibility index (Phi) is 7.21. The Morgan fingerprint density at radius 2 is 2.29 bits per heavy atom. The van der Waals surface area contributed by atoms with Crippen LogP contribution in [0.4, 0.5) is 0 Å². The predicted octanol–water partition coefficient (Wildman–Crippen LogP) is 5.15. The standard InChI is InChI=1S/C18H28BrNO/c1-3-11-20-18(8-4-6-15-7-5-12-21-15)16-10-9-14(2)13-17(16)19/h9-10,13,15,18,20H,3-8,11-12H2,1-2H3. The molecule has 2 unspecified atom stereocenters. The van der Waals surface area contributed by atoms with Gasteiger partial charge in [-0.2, -0.15) is 0 Å². The molecule has 1 aliphatic heterocycles. The van der Waals surface area contributed by atoms with E-state index < -0.39 is 0 Å². The minimum absolute atomic E-state index is 0.446. The molecule has 3 heteroatoms. The lowest BCUT2D eigenvalue weighted by Crippen LogP contribution is -2.23. The van der Waals surface area contributed by atoms with Gasteiger partial charge < -0.3 is 10.1 Å². The molecular formula is C18H28BrNO. The summed E-state index contributed by atoms with van der Waals surface area (Å²) in [6, 6.07) is 7.14. The molecule has 0 amide bonds. The van der Waals surface area contributed by atoms with Crippen molar-refractivity contribution in [1.82, 2.24) is 5.32 Å². The van der Waals surface area contributed by atoms with E-state index in [0.717, 1.165) is 13.2 Å². The van der Waals surface area contributed by atoms with Gasteiger partial charge in [0.2, 0.25) is 0 Å². The fourth-order valence-corrected chi connectivity index (χ4v) is 3.79. The maximum atomic E-state index is 5.73. The number of rotatable bonds is 8. The van der Waals surface area contributed by atoms with Crippen LogP contribution in [0.25, 0.3) is 0 Å². The number of hydrogen-bond donors (Lipinski definition) is 1. The molecule has 1 fully saturated rings. The summed E-state index contributed by atoms with van der Waals surface area (Å²) in [5, 5.41) is 3.70. The molecule has 2 atom stereocenters. The van der Waals surface area contributed by atoms with E-state index in [1.807, 2.05) is 0 Å². The summed E-state index contributed by atoms with van der Waals surface area (Å²) in [5.74, 6) is 0. The van der Waals surface area contributed by atoms with Crippen molar-refractivity contribution in [2.24, 2.45) is 0 Å². The van der Waals surface area contributed by atoms with Gasteiger partial charge in [-0.05, 0) is 69.2 Å². The molecule has 0 aliphatic carbocycles. The molecule has 1 saturated heterocycles. The third-order valence-electron chi connectivity index (χ3n) is 4.21. The van der Waals surface area contributed by atoms with E-state index in [-0.39, 0.29) is 0 Å². The van der Waals surface area contributed by atoms with Gasteiger partial charge in [-0.1, -0.05) is 35.0 Å². The number of aryl methyl sites for hydroxylation is 1. The zero-order valence-electron chi connectivity index (χ0n) is 13.3. The van der Waals surface area contributed by atoms with Crippen molar-refractivity contribution in [2.75, 3.05) is 13.2 Å². The molecule has 118 valence electrons. The van der Waals surface area contributed by atoms with Gasteiger partial charge in [0.25, 0.3) is 0 Å². The normalized spacial score (nSPS) is 19.9. The van der Waals surface area contributed by atoms with Gasteiger partial charge >= 0.3 is 0 Å². The highest BCUT2D eigenvalue weighted by atomic mass is 79.9. The number of nitrogens with one attached hydrogen (secondary N) is 1. The highest BCUT2D eigenvalue weighted by molar-refractivity contribution is 9.10. The number of ether oxygens (including phenoxy) is 1. The van der Waals surface area contributed by atoms with E-state index in [9.17, 15) is 0 Å². The zero-order valence-corrected chi connectivity index (χ0v) is 14.9. The monoisotopic (exact) mass is 353 g/mol. The molecule has 1 heterocycles. The molecule has 1 aromatic rings. The smallest absolute Gasteiger partial charge is 0.0576 e. The molecule has 21 heavy (non-hydrogen) atoms. The largest absolute Gasteiger partial charge is 0.378 e. The third kappa shape index (κ3) is 5.39. The average molecular weight is 354 g/mol. The quantitative estimate of drug-likeness (QED) is 0.697. The Hall–Kier alpha value is -0.380. The summed E-state index contributed by atoms with van der Waals surface area (Å²) in [4.78, 5) is 0. The van der Waals surface area contributed by atoms with Crippen LogP contribution in [0.1, 0.15) is 62.6 Å². The summed E-state index contributed by atoms with van der Waals surface area (Å²) < 4.78 is 6.96. The van der Waals surface area contributed by atoms with E-state index in [1.165, 1.54) is 54.1 Å². The highest BCUT2D eigenvalue weighted by Crippen LogP contribution is 2.29.